The zero-order chi connectivity index (χ0) is 21.8. The second-order valence-electron chi connectivity index (χ2n) is 5.63. The maximum Gasteiger partial charge on any atom is 0.490 e. The average molecular weight is 419 g/mol. The van der Waals surface area contributed by atoms with Crippen LogP contribution in [0.2, 0.25) is 0 Å². The van der Waals surface area contributed by atoms with E-state index in [0.29, 0.717) is 6.42 Å². The Kier molecular flexibility index (Phi) is 6.51. The molecule has 2 aromatic heterocycles. The van der Waals surface area contributed by atoms with Crippen molar-refractivity contribution in [1.29, 1.82) is 0 Å². The van der Waals surface area contributed by atoms with Crippen molar-refractivity contribution in [1.82, 2.24) is 14.9 Å². The van der Waals surface area contributed by atoms with Crippen molar-refractivity contribution in [2.75, 3.05) is 14.2 Å². The number of nitrogens with zero attached hydrogens (tertiary/aromatic N) is 2. The van der Waals surface area contributed by atoms with Gasteiger partial charge in [-0.2, -0.15) is 13.2 Å². The predicted octanol–water partition coefficient (Wildman–Crippen LogP) is 1.38. The van der Waals surface area contributed by atoms with Gasteiger partial charge in [-0.1, -0.05) is 0 Å². The lowest BCUT2D eigenvalue weighted by Gasteiger charge is -2.32. The molecule has 1 aliphatic rings. The molecule has 2 aromatic rings. The Bertz CT molecular complexity index is 890. The van der Waals surface area contributed by atoms with Crippen molar-refractivity contribution < 1.29 is 46.6 Å². The van der Waals surface area contributed by atoms with E-state index in [0.717, 1.165) is 11.4 Å². The van der Waals surface area contributed by atoms with E-state index in [9.17, 15) is 22.8 Å². The summed E-state index contributed by atoms with van der Waals surface area (Å²) < 4.78 is 46.7. The molecular formula is C16H16F3N3O7. The third-order valence-corrected chi connectivity index (χ3v) is 3.87. The van der Waals surface area contributed by atoms with Gasteiger partial charge in [0.25, 0.3) is 11.9 Å². The van der Waals surface area contributed by atoms with Crippen LogP contribution in [0.5, 0.6) is 5.95 Å². The molecule has 3 heterocycles. The SMILES string of the molecule is COC(=O)C1Cc2nc[nH]c2CN1C(=O)c1ccc(OC)o1.O=C(O)C(F)(F)F. The van der Waals surface area contributed by atoms with Crippen LogP contribution in [-0.2, 0) is 27.3 Å². The largest absolute Gasteiger partial charge is 0.490 e. The lowest BCUT2D eigenvalue weighted by molar-refractivity contribution is -0.192. The summed E-state index contributed by atoms with van der Waals surface area (Å²) in [6.45, 7) is 0.233. The summed E-state index contributed by atoms with van der Waals surface area (Å²) in [5, 5.41) is 7.12. The Hall–Kier alpha value is -3.51. The number of carbonyl (C=O) groups is 3. The number of hydrogen-bond acceptors (Lipinski definition) is 7. The maximum atomic E-state index is 12.6. The van der Waals surface area contributed by atoms with Crippen LogP contribution in [-0.4, -0.2) is 64.3 Å². The highest BCUT2D eigenvalue weighted by Crippen LogP contribution is 2.25. The maximum absolute atomic E-state index is 12.6. The number of nitrogens with one attached hydrogen (secondary N) is 1. The highest BCUT2D eigenvalue weighted by Gasteiger charge is 2.39. The first-order chi connectivity index (χ1) is 13.6. The highest BCUT2D eigenvalue weighted by molar-refractivity contribution is 5.95. The van der Waals surface area contributed by atoms with Gasteiger partial charge < -0.3 is 28.9 Å². The van der Waals surface area contributed by atoms with Gasteiger partial charge in [-0.3, -0.25) is 4.79 Å². The van der Waals surface area contributed by atoms with Gasteiger partial charge in [-0.15, -0.1) is 0 Å². The number of carbonyl (C=O) groups excluding carboxylic acids is 2. The summed E-state index contributed by atoms with van der Waals surface area (Å²) in [4.78, 5) is 42.1. The number of furan rings is 1. The number of aliphatic carboxylic acids is 1. The lowest BCUT2D eigenvalue weighted by Crippen LogP contribution is -2.49. The van der Waals surface area contributed by atoms with E-state index in [1.165, 1.54) is 25.2 Å². The van der Waals surface area contributed by atoms with E-state index >= 15 is 0 Å². The number of amides is 1. The molecule has 0 radical (unpaired) electrons. The minimum atomic E-state index is -5.08. The summed E-state index contributed by atoms with van der Waals surface area (Å²) in [6, 6.07) is 2.33. The van der Waals surface area contributed by atoms with Crippen molar-refractivity contribution in [3.05, 3.63) is 35.6 Å². The van der Waals surface area contributed by atoms with E-state index in [1.807, 2.05) is 0 Å². The number of fused-ring (bicyclic) bond motifs is 1. The van der Waals surface area contributed by atoms with Crippen LogP contribution in [0.25, 0.3) is 0 Å². The van der Waals surface area contributed by atoms with Gasteiger partial charge >= 0.3 is 18.1 Å². The van der Waals surface area contributed by atoms with Crippen LogP contribution >= 0.6 is 0 Å². The molecule has 1 aliphatic heterocycles. The first-order valence-corrected chi connectivity index (χ1v) is 7.92. The summed E-state index contributed by atoms with van der Waals surface area (Å²) >= 11 is 0. The molecule has 2 N–H and O–H groups in total. The Morgan fingerprint density at radius 3 is 2.48 bits per heavy atom. The molecule has 158 valence electrons. The Labute approximate surface area is 161 Å². The van der Waals surface area contributed by atoms with Crippen molar-refractivity contribution in [2.45, 2.75) is 25.2 Å². The fourth-order valence-electron chi connectivity index (χ4n) is 2.48. The molecule has 29 heavy (non-hydrogen) atoms. The number of H-pyrrole nitrogens is 1. The van der Waals surface area contributed by atoms with Crippen molar-refractivity contribution >= 4 is 17.8 Å². The van der Waals surface area contributed by atoms with Gasteiger partial charge in [0.05, 0.1) is 38.5 Å². The molecule has 1 atom stereocenters. The second kappa shape index (κ2) is 8.67. The zero-order valence-corrected chi connectivity index (χ0v) is 15.1. The van der Waals surface area contributed by atoms with E-state index in [4.69, 9.17) is 23.8 Å². The number of carboxylic acids is 1. The van der Waals surface area contributed by atoms with Gasteiger partial charge in [0, 0.05) is 12.5 Å². The van der Waals surface area contributed by atoms with Gasteiger partial charge in [0.2, 0.25) is 0 Å². The molecule has 13 heteroatoms. The molecule has 0 saturated carbocycles. The van der Waals surface area contributed by atoms with Crippen molar-refractivity contribution in [3.8, 4) is 5.95 Å². The number of halogens is 3. The van der Waals surface area contributed by atoms with E-state index < -0.39 is 30.1 Å². The number of aromatic amines is 1. The number of alkyl halides is 3. The first-order valence-electron chi connectivity index (χ1n) is 7.92. The standard InChI is InChI=1S/C14H15N3O5.C2HF3O2/c1-20-12-4-3-11(22-12)13(18)17-6-9-8(15-7-16-9)5-10(17)14(19)21-2;3-2(4,5)1(6)7/h3-4,7,10H,5-6H2,1-2H3,(H,15,16);(H,6,7). The Balaban J connectivity index is 0.000000370. The first kappa shape index (κ1) is 21.8. The summed E-state index contributed by atoms with van der Waals surface area (Å²) in [7, 11) is 2.74. The molecular weight excluding hydrogens is 403 g/mol. The van der Waals surface area contributed by atoms with Crippen LogP contribution < -0.4 is 4.74 Å². The molecule has 0 spiro atoms. The van der Waals surface area contributed by atoms with E-state index in [2.05, 4.69) is 9.97 Å². The highest BCUT2D eigenvalue weighted by atomic mass is 19.4. The van der Waals surface area contributed by atoms with Gasteiger partial charge in [-0.05, 0) is 6.07 Å². The number of ether oxygens (including phenoxy) is 2. The molecule has 10 nitrogen and oxygen atoms in total. The van der Waals surface area contributed by atoms with Gasteiger partial charge in [0.1, 0.15) is 6.04 Å². The molecule has 0 aromatic carbocycles. The number of hydrogen-bond donors (Lipinski definition) is 2. The molecule has 0 fully saturated rings. The average Bonchev–Trinajstić information content (AvgIpc) is 3.34. The monoisotopic (exact) mass is 419 g/mol. The lowest BCUT2D eigenvalue weighted by atomic mass is 10.0. The number of rotatable bonds is 3. The summed E-state index contributed by atoms with van der Waals surface area (Å²) in [5.41, 5.74) is 1.56. The van der Waals surface area contributed by atoms with Crippen LogP contribution in [0.15, 0.2) is 22.9 Å². The zero-order valence-electron chi connectivity index (χ0n) is 15.1. The molecule has 0 bridgehead atoms. The van der Waals surface area contributed by atoms with E-state index in [1.54, 1.807) is 12.4 Å². The van der Waals surface area contributed by atoms with E-state index in [-0.39, 0.29) is 18.3 Å². The van der Waals surface area contributed by atoms with Gasteiger partial charge in [-0.25, -0.2) is 14.6 Å². The third kappa shape index (κ3) is 5.06. The Morgan fingerprint density at radius 2 is 1.97 bits per heavy atom. The Morgan fingerprint density at radius 1 is 1.31 bits per heavy atom. The summed E-state index contributed by atoms with van der Waals surface area (Å²) in [6.07, 6.45) is -3.24. The van der Waals surface area contributed by atoms with Crippen LogP contribution in [0.1, 0.15) is 21.9 Å². The number of aromatic nitrogens is 2. The fourth-order valence-corrected chi connectivity index (χ4v) is 2.48. The van der Waals surface area contributed by atoms with Crippen LogP contribution in [0.4, 0.5) is 13.2 Å². The van der Waals surface area contributed by atoms with Crippen molar-refractivity contribution in [3.63, 3.8) is 0 Å². The number of methoxy groups -OCH3 is 2. The number of esters is 1. The smallest absolute Gasteiger partial charge is 0.475 e. The second-order valence-corrected chi connectivity index (χ2v) is 5.63. The predicted molar refractivity (Wildman–Crippen MR) is 86.9 cm³/mol. The third-order valence-electron chi connectivity index (χ3n) is 3.87. The molecule has 0 saturated heterocycles. The van der Waals surface area contributed by atoms with Crippen molar-refractivity contribution in [2.24, 2.45) is 0 Å². The van der Waals surface area contributed by atoms with Gasteiger partial charge in [0.15, 0.2) is 5.76 Å². The minimum absolute atomic E-state index is 0.105. The minimum Gasteiger partial charge on any atom is -0.475 e. The number of carboxylic acid groups (broad SMARTS) is 1. The quantitative estimate of drug-likeness (QED) is 0.713. The normalized spacial score (nSPS) is 15.6. The summed E-state index contributed by atoms with van der Waals surface area (Å²) in [5.74, 6) is -3.31. The fraction of sp³-hybridized carbons (Fsp3) is 0.375. The molecule has 1 unspecified atom stereocenters. The van der Waals surface area contributed by atoms with Crippen LogP contribution in [0.3, 0.4) is 0 Å². The number of imidazole rings is 1. The van der Waals surface area contributed by atoms with Crippen LogP contribution in [0, 0.1) is 0 Å². The molecule has 1 amide bonds. The molecule has 3 rings (SSSR count). The molecule has 0 aliphatic carbocycles. The topological polar surface area (TPSA) is 135 Å².